The third-order valence-corrected chi connectivity index (χ3v) is 3.73. The van der Waals surface area contributed by atoms with Gasteiger partial charge in [-0.25, -0.2) is 4.39 Å². The number of ether oxygens (including phenoxy) is 1. The van der Waals surface area contributed by atoms with Crippen molar-refractivity contribution >= 4 is 27.5 Å². The lowest BCUT2D eigenvalue weighted by Crippen LogP contribution is -2.14. The number of nitrogens with zero attached hydrogens (tertiary/aromatic N) is 3. The molecule has 0 aliphatic heterocycles. The fraction of sp³-hybridized carbons (Fsp3) is 0.0667. The lowest BCUT2D eigenvalue weighted by atomic mass is 10.1. The van der Waals surface area contributed by atoms with Crippen LogP contribution in [0.3, 0.4) is 0 Å². The molecular formula is C15H11BrFN5O2. The zero-order valence-electron chi connectivity index (χ0n) is 12.4. The number of carbonyl (C=O) groups excluding carboxylic acids is 1. The minimum absolute atomic E-state index is 0.102. The zero-order chi connectivity index (χ0) is 17.1. The highest BCUT2D eigenvalue weighted by Crippen LogP contribution is 2.29. The Morgan fingerprint density at radius 1 is 1.29 bits per heavy atom. The van der Waals surface area contributed by atoms with Crippen LogP contribution in [0.5, 0.6) is 5.75 Å². The van der Waals surface area contributed by atoms with Crippen LogP contribution in [0.4, 0.5) is 10.1 Å². The number of methoxy groups -OCH3 is 1. The predicted molar refractivity (Wildman–Crippen MR) is 88.2 cm³/mol. The first-order valence-corrected chi connectivity index (χ1v) is 7.56. The molecule has 3 rings (SSSR count). The van der Waals surface area contributed by atoms with Crippen LogP contribution in [0, 0.1) is 5.82 Å². The van der Waals surface area contributed by atoms with E-state index in [1.165, 1.54) is 19.2 Å². The van der Waals surface area contributed by atoms with Crippen LogP contribution >= 0.6 is 15.9 Å². The van der Waals surface area contributed by atoms with Crippen molar-refractivity contribution < 1.29 is 13.9 Å². The molecule has 1 heterocycles. The second kappa shape index (κ2) is 6.75. The fourth-order valence-electron chi connectivity index (χ4n) is 2.09. The summed E-state index contributed by atoms with van der Waals surface area (Å²) in [6.45, 7) is 0. The van der Waals surface area contributed by atoms with Crippen LogP contribution in [-0.2, 0) is 0 Å². The van der Waals surface area contributed by atoms with Gasteiger partial charge < -0.3 is 10.1 Å². The Morgan fingerprint density at radius 3 is 2.79 bits per heavy atom. The molecule has 0 unspecified atom stereocenters. The van der Waals surface area contributed by atoms with Crippen molar-refractivity contribution in [3.05, 3.63) is 52.3 Å². The van der Waals surface area contributed by atoms with Crippen LogP contribution in [0.2, 0.25) is 0 Å². The van der Waals surface area contributed by atoms with Gasteiger partial charge in [0.15, 0.2) is 0 Å². The monoisotopic (exact) mass is 391 g/mol. The maximum absolute atomic E-state index is 14.1. The van der Waals surface area contributed by atoms with Gasteiger partial charge in [-0.15, -0.1) is 10.2 Å². The quantitative estimate of drug-likeness (QED) is 0.712. The summed E-state index contributed by atoms with van der Waals surface area (Å²) in [6, 6.07) is 9.18. The Balaban J connectivity index is 1.94. The van der Waals surface area contributed by atoms with E-state index < -0.39 is 11.7 Å². The molecule has 9 heteroatoms. The Morgan fingerprint density at radius 2 is 2.12 bits per heavy atom. The molecule has 0 aliphatic rings. The van der Waals surface area contributed by atoms with Gasteiger partial charge in [0, 0.05) is 16.1 Å². The average molecular weight is 392 g/mol. The summed E-state index contributed by atoms with van der Waals surface area (Å²) < 4.78 is 19.7. The first-order valence-electron chi connectivity index (χ1n) is 6.76. The zero-order valence-corrected chi connectivity index (χ0v) is 14.0. The number of aromatic amines is 1. The largest absolute Gasteiger partial charge is 0.497 e. The maximum Gasteiger partial charge on any atom is 0.258 e. The van der Waals surface area contributed by atoms with Gasteiger partial charge in [-0.05, 0) is 35.5 Å². The average Bonchev–Trinajstić information content (AvgIpc) is 3.09. The highest BCUT2D eigenvalue weighted by atomic mass is 79.9. The van der Waals surface area contributed by atoms with Gasteiger partial charge in [0.25, 0.3) is 5.91 Å². The van der Waals surface area contributed by atoms with Crippen molar-refractivity contribution in [1.82, 2.24) is 20.6 Å². The van der Waals surface area contributed by atoms with E-state index in [1.807, 2.05) is 0 Å². The van der Waals surface area contributed by atoms with Crippen molar-refractivity contribution in [2.24, 2.45) is 0 Å². The summed E-state index contributed by atoms with van der Waals surface area (Å²) in [5.41, 5.74) is 0.870. The first-order chi connectivity index (χ1) is 11.6. The van der Waals surface area contributed by atoms with Crippen LogP contribution in [0.25, 0.3) is 11.4 Å². The molecule has 2 aromatic carbocycles. The summed E-state index contributed by atoms with van der Waals surface area (Å²) in [5.74, 6) is -0.632. The van der Waals surface area contributed by atoms with E-state index >= 15 is 0 Å². The first kappa shape index (κ1) is 16.1. The molecule has 1 aromatic heterocycles. The summed E-state index contributed by atoms with van der Waals surface area (Å²) in [4.78, 5) is 12.4. The number of aromatic nitrogens is 4. The number of hydrogen-bond acceptors (Lipinski definition) is 5. The number of carbonyl (C=O) groups is 1. The normalized spacial score (nSPS) is 10.5. The molecule has 7 nitrogen and oxygen atoms in total. The summed E-state index contributed by atoms with van der Waals surface area (Å²) >= 11 is 3.33. The molecular weight excluding hydrogens is 381 g/mol. The number of amides is 1. The van der Waals surface area contributed by atoms with Crippen molar-refractivity contribution in [1.29, 1.82) is 0 Å². The number of rotatable bonds is 4. The van der Waals surface area contributed by atoms with Gasteiger partial charge in [0.05, 0.1) is 18.4 Å². The van der Waals surface area contributed by atoms with Gasteiger partial charge >= 0.3 is 0 Å². The second-order valence-electron chi connectivity index (χ2n) is 4.73. The lowest BCUT2D eigenvalue weighted by molar-refractivity contribution is 0.102. The highest BCUT2D eigenvalue weighted by molar-refractivity contribution is 9.10. The molecule has 0 radical (unpaired) electrons. The SMILES string of the molecule is COc1ccc(C(=O)Nc2cc(Br)ccc2-c2nn[nH]n2)c(F)c1. The molecule has 24 heavy (non-hydrogen) atoms. The maximum atomic E-state index is 14.1. The molecule has 0 atom stereocenters. The number of halogens is 2. The third kappa shape index (κ3) is 3.25. The van der Waals surface area contributed by atoms with E-state index in [2.05, 4.69) is 41.9 Å². The Labute approximate surface area is 144 Å². The van der Waals surface area contributed by atoms with Crippen molar-refractivity contribution in [3.63, 3.8) is 0 Å². The van der Waals surface area contributed by atoms with E-state index in [-0.39, 0.29) is 5.56 Å². The lowest BCUT2D eigenvalue weighted by Gasteiger charge is -2.10. The Hall–Kier alpha value is -2.81. The fourth-order valence-corrected chi connectivity index (χ4v) is 2.45. The highest BCUT2D eigenvalue weighted by Gasteiger charge is 2.16. The van der Waals surface area contributed by atoms with Crippen molar-refractivity contribution in [2.75, 3.05) is 12.4 Å². The van der Waals surface area contributed by atoms with Gasteiger partial charge in [0.2, 0.25) is 5.82 Å². The number of nitrogens with one attached hydrogen (secondary N) is 2. The smallest absolute Gasteiger partial charge is 0.258 e. The van der Waals surface area contributed by atoms with Crippen LogP contribution in [-0.4, -0.2) is 33.6 Å². The number of benzene rings is 2. The van der Waals surface area contributed by atoms with Crippen molar-refractivity contribution in [3.8, 4) is 17.1 Å². The number of tetrazole rings is 1. The summed E-state index contributed by atoms with van der Waals surface area (Å²) in [6.07, 6.45) is 0. The van der Waals surface area contributed by atoms with Crippen LogP contribution in [0.15, 0.2) is 40.9 Å². The van der Waals surface area contributed by atoms with Crippen molar-refractivity contribution in [2.45, 2.75) is 0 Å². The van der Waals surface area contributed by atoms with Gasteiger partial charge in [-0.1, -0.05) is 15.9 Å². The summed E-state index contributed by atoms with van der Waals surface area (Å²) in [7, 11) is 1.42. The van der Waals surface area contributed by atoms with Gasteiger partial charge in [-0.3, -0.25) is 4.79 Å². The van der Waals surface area contributed by atoms with E-state index in [0.717, 1.165) is 10.5 Å². The molecule has 122 valence electrons. The van der Waals surface area contributed by atoms with E-state index in [4.69, 9.17) is 4.74 Å². The number of hydrogen-bond donors (Lipinski definition) is 2. The minimum Gasteiger partial charge on any atom is -0.497 e. The van der Waals surface area contributed by atoms with Crippen LogP contribution in [0.1, 0.15) is 10.4 Å². The Bertz CT molecular complexity index is 886. The minimum atomic E-state index is -0.678. The number of anilines is 1. The molecule has 0 fully saturated rings. The van der Waals surface area contributed by atoms with E-state index in [0.29, 0.717) is 22.8 Å². The molecule has 0 aliphatic carbocycles. The van der Waals surface area contributed by atoms with E-state index in [1.54, 1.807) is 18.2 Å². The summed E-state index contributed by atoms with van der Waals surface area (Å²) in [5, 5.41) is 16.3. The van der Waals surface area contributed by atoms with Gasteiger partial charge in [-0.2, -0.15) is 5.21 Å². The van der Waals surface area contributed by atoms with Gasteiger partial charge in [0.1, 0.15) is 11.6 Å². The Kier molecular flexibility index (Phi) is 4.52. The predicted octanol–water partition coefficient (Wildman–Crippen LogP) is 3.03. The molecule has 2 N–H and O–H groups in total. The molecule has 3 aromatic rings. The molecule has 1 amide bonds. The molecule has 0 saturated heterocycles. The van der Waals surface area contributed by atoms with E-state index in [9.17, 15) is 9.18 Å². The topological polar surface area (TPSA) is 92.8 Å². The molecule has 0 bridgehead atoms. The number of H-pyrrole nitrogens is 1. The molecule has 0 saturated carbocycles. The standard InChI is InChI=1S/C15H11BrFN5O2/c1-24-9-3-5-10(12(17)7-9)15(23)18-13-6-8(16)2-4-11(13)14-19-21-22-20-14/h2-7H,1H3,(H,18,23)(H,19,20,21,22). The second-order valence-corrected chi connectivity index (χ2v) is 5.64. The van der Waals surface area contributed by atoms with Crippen LogP contribution < -0.4 is 10.1 Å². The third-order valence-electron chi connectivity index (χ3n) is 3.24. The molecule has 0 spiro atoms.